The molecule has 0 saturated carbocycles. The van der Waals surface area contributed by atoms with Gasteiger partial charge in [-0.15, -0.1) is 0 Å². The highest BCUT2D eigenvalue weighted by Crippen LogP contribution is 2.36. The summed E-state index contributed by atoms with van der Waals surface area (Å²) >= 11 is 0. The summed E-state index contributed by atoms with van der Waals surface area (Å²) in [5, 5.41) is -0.152. The highest BCUT2D eigenvalue weighted by molar-refractivity contribution is 7.97. The highest BCUT2D eigenvalue weighted by atomic mass is 32.3. The summed E-state index contributed by atoms with van der Waals surface area (Å²) < 4.78 is 79.7. The van der Waals surface area contributed by atoms with E-state index in [4.69, 9.17) is 32.6 Å². The molecule has 5 aromatic rings. The molecule has 1 N–H and O–H groups in total. The second-order valence-corrected chi connectivity index (χ2v) is 17.5. The predicted octanol–water partition coefficient (Wildman–Crippen LogP) is 7.09. The van der Waals surface area contributed by atoms with Gasteiger partial charge in [0.25, 0.3) is 0 Å². The molecule has 2 aliphatic heterocycles. The van der Waals surface area contributed by atoms with E-state index in [1.165, 1.54) is 0 Å². The average molecular weight is 814 g/mol. The van der Waals surface area contributed by atoms with E-state index in [9.17, 15) is 13.0 Å². The smallest absolute Gasteiger partial charge is 0.371 e. The lowest BCUT2D eigenvalue weighted by Crippen LogP contribution is -2.44. The summed E-state index contributed by atoms with van der Waals surface area (Å²) in [5.74, 6) is 0.960. The van der Waals surface area contributed by atoms with Crippen LogP contribution in [0.4, 0.5) is 0 Å². The van der Waals surface area contributed by atoms with E-state index in [1.807, 2.05) is 152 Å². The van der Waals surface area contributed by atoms with Crippen molar-refractivity contribution in [3.05, 3.63) is 179 Å². The third-order valence-corrected chi connectivity index (χ3v) is 13.2. The zero-order valence-electron chi connectivity index (χ0n) is 31.6. The Balaban J connectivity index is 1.17. The lowest BCUT2D eigenvalue weighted by Gasteiger charge is -2.24. The first kappa shape index (κ1) is 41.2. The van der Waals surface area contributed by atoms with Gasteiger partial charge in [-0.3, -0.25) is 4.55 Å². The third-order valence-electron chi connectivity index (χ3n) is 9.95. The monoisotopic (exact) mass is 813 g/mol. The first-order chi connectivity index (χ1) is 27.9. The van der Waals surface area contributed by atoms with Crippen LogP contribution in [0.3, 0.4) is 0 Å². The zero-order valence-corrected chi connectivity index (χ0v) is 33.2. The minimum atomic E-state index is -4.93. The molecule has 0 spiro atoms. The summed E-state index contributed by atoms with van der Waals surface area (Å²) in [6.45, 7) is 1.88. The Kier molecular flexibility index (Phi) is 15.0. The molecule has 2 fully saturated rings. The van der Waals surface area contributed by atoms with Crippen LogP contribution in [0.25, 0.3) is 0 Å². The van der Waals surface area contributed by atoms with Gasteiger partial charge in [0.15, 0.2) is 11.5 Å². The van der Waals surface area contributed by atoms with Crippen LogP contribution in [0.5, 0.6) is 0 Å². The van der Waals surface area contributed by atoms with Crippen molar-refractivity contribution in [3.63, 3.8) is 0 Å². The van der Waals surface area contributed by atoms with Crippen LogP contribution in [-0.2, 0) is 86.9 Å². The Morgan fingerprint density at radius 1 is 0.544 bits per heavy atom. The molecule has 5 aromatic carbocycles. The molecular weight excluding hydrogens is 765 g/mol. The van der Waals surface area contributed by atoms with Gasteiger partial charge in [0.1, 0.15) is 42.0 Å². The molecule has 12 heteroatoms. The van der Waals surface area contributed by atoms with Crippen LogP contribution in [0, 0.1) is 0 Å². The van der Waals surface area contributed by atoms with Crippen molar-refractivity contribution in [1.82, 2.24) is 0 Å². The van der Waals surface area contributed by atoms with Gasteiger partial charge in [-0.1, -0.05) is 152 Å². The van der Waals surface area contributed by atoms with E-state index in [2.05, 4.69) is 0 Å². The molecule has 0 bridgehead atoms. The van der Waals surface area contributed by atoms with E-state index < -0.39 is 45.9 Å². The second-order valence-electron chi connectivity index (χ2n) is 14.1. The molecule has 1 unspecified atom stereocenters. The number of rotatable bonds is 20. The maximum Gasteiger partial charge on any atom is 0.397 e. The van der Waals surface area contributed by atoms with Gasteiger partial charge in [0, 0.05) is 10.9 Å². The first-order valence-corrected chi connectivity index (χ1v) is 22.1. The molecule has 0 aliphatic carbocycles. The van der Waals surface area contributed by atoms with E-state index in [1.54, 1.807) is 0 Å². The van der Waals surface area contributed by atoms with Crippen LogP contribution in [-0.4, -0.2) is 73.1 Å². The van der Waals surface area contributed by atoms with Gasteiger partial charge < -0.3 is 28.4 Å². The number of ether oxygens (including phenoxy) is 6. The lowest BCUT2D eigenvalue weighted by atomic mass is 10.1. The van der Waals surface area contributed by atoms with Crippen molar-refractivity contribution in [2.24, 2.45) is 0 Å². The maximum atomic E-state index is 12.5. The standard InChI is InChI=1S/C45H48O10S2/c46-57(47,48)55-43-40(54-45(53-30-38-24-14-5-15-25-38)44(43)52-29-37-22-12-4-13-23-37)33-56-32-39(50-27-35-18-8-2-9-19-35)42(51-28-36-20-10-3-11-21-36)41(56)31-49-26-34-16-6-1-7-17-34/h1-25,39-45H,26-33H2/p+1/t39-,40-,41-,42+,43-,44+,45+,56?/m1/s1. The largest absolute Gasteiger partial charge is 0.397 e. The molecule has 2 aliphatic rings. The molecule has 300 valence electrons. The fourth-order valence-corrected chi connectivity index (χ4v) is 10.6. The van der Waals surface area contributed by atoms with Crippen molar-refractivity contribution in [1.29, 1.82) is 0 Å². The predicted molar refractivity (Wildman–Crippen MR) is 218 cm³/mol. The van der Waals surface area contributed by atoms with Crippen LogP contribution < -0.4 is 0 Å². The molecule has 7 rings (SSSR count). The Morgan fingerprint density at radius 3 is 1.44 bits per heavy atom. The fraction of sp³-hybridized carbons (Fsp3) is 0.333. The number of hydrogen-bond acceptors (Lipinski definition) is 9. The van der Waals surface area contributed by atoms with Crippen LogP contribution in [0.1, 0.15) is 27.8 Å². The third kappa shape index (κ3) is 12.3. The fourth-order valence-electron chi connectivity index (χ4n) is 7.13. The molecule has 57 heavy (non-hydrogen) atoms. The Hall–Kier alpha value is -3.92. The Morgan fingerprint density at radius 2 is 0.965 bits per heavy atom. The number of hydrogen-bond donors (Lipinski definition) is 1. The van der Waals surface area contributed by atoms with Crippen molar-refractivity contribution in [2.45, 2.75) is 75.1 Å². The first-order valence-electron chi connectivity index (χ1n) is 19.1. The normalized spacial score (nSPS) is 24.8. The van der Waals surface area contributed by atoms with Crippen LogP contribution in [0.2, 0.25) is 0 Å². The SMILES string of the molecule is O=S(=O)(O)O[C@H]1[C@H](OCc2ccccc2)[C@@H](OCc2ccccc2)O[C@@H]1C[S+]1C[C@@H](OCc2ccccc2)[C@H](OCc2ccccc2)[C@H]1COCc1ccccc1. The van der Waals surface area contributed by atoms with Gasteiger partial charge in [0.05, 0.1) is 39.6 Å². The maximum absolute atomic E-state index is 12.5. The summed E-state index contributed by atoms with van der Waals surface area (Å²) in [7, 11) is -5.44. The zero-order chi connectivity index (χ0) is 39.3. The van der Waals surface area contributed by atoms with Gasteiger partial charge >= 0.3 is 10.4 Å². The molecule has 0 aromatic heterocycles. The molecule has 2 heterocycles. The van der Waals surface area contributed by atoms with E-state index >= 15 is 0 Å². The van der Waals surface area contributed by atoms with E-state index in [0.29, 0.717) is 37.9 Å². The summed E-state index contributed by atoms with van der Waals surface area (Å²) in [4.78, 5) is 0. The van der Waals surface area contributed by atoms with Crippen molar-refractivity contribution in [3.8, 4) is 0 Å². The summed E-state index contributed by atoms with van der Waals surface area (Å²) in [6.07, 6.45) is -4.70. The molecule has 10 nitrogen and oxygen atoms in total. The lowest BCUT2D eigenvalue weighted by molar-refractivity contribution is -0.183. The molecule has 8 atom stereocenters. The highest BCUT2D eigenvalue weighted by Gasteiger charge is 2.58. The second kappa shape index (κ2) is 20.7. The Bertz CT molecular complexity index is 2010. The average Bonchev–Trinajstić information content (AvgIpc) is 3.73. The molecule has 2 saturated heterocycles. The topological polar surface area (TPSA) is 119 Å². The van der Waals surface area contributed by atoms with Gasteiger partial charge in [-0.2, -0.15) is 8.42 Å². The van der Waals surface area contributed by atoms with E-state index in [-0.39, 0.29) is 30.7 Å². The minimum Gasteiger partial charge on any atom is -0.371 e. The van der Waals surface area contributed by atoms with Gasteiger partial charge in [-0.05, 0) is 27.8 Å². The van der Waals surface area contributed by atoms with Crippen LogP contribution >= 0.6 is 0 Å². The molecular formula is C45H49O10S2+. The summed E-state index contributed by atoms with van der Waals surface area (Å²) in [6, 6.07) is 49.2. The Labute approximate surface area is 338 Å². The minimum absolute atomic E-state index is 0.143. The van der Waals surface area contributed by atoms with Crippen molar-refractivity contribution in [2.75, 3.05) is 18.1 Å². The summed E-state index contributed by atoms with van der Waals surface area (Å²) in [5.41, 5.74) is 4.90. The number of benzene rings is 5. The molecule has 0 amide bonds. The van der Waals surface area contributed by atoms with E-state index in [0.717, 1.165) is 27.8 Å². The van der Waals surface area contributed by atoms with Gasteiger partial charge in [-0.25, -0.2) is 4.18 Å². The van der Waals surface area contributed by atoms with Crippen LogP contribution in [0.15, 0.2) is 152 Å². The van der Waals surface area contributed by atoms with Gasteiger partial charge in [0.2, 0.25) is 0 Å². The van der Waals surface area contributed by atoms with Crippen molar-refractivity contribution < 1.29 is 45.6 Å². The molecule has 0 radical (unpaired) electrons. The van der Waals surface area contributed by atoms with Crippen molar-refractivity contribution >= 4 is 21.3 Å². The quantitative estimate of drug-likeness (QED) is 0.0645.